The summed E-state index contributed by atoms with van der Waals surface area (Å²) in [4.78, 5) is 21.4. The zero-order valence-electron chi connectivity index (χ0n) is 8.88. The van der Waals surface area contributed by atoms with Crippen LogP contribution in [0.25, 0.3) is 0 Å². The van der Waals surface area contributed by atoms with Crippen LogP contribution in [-0.4, -0.2) is 25.7 Å². The highest BCUT2D eigenvalue weighted by molar-refractivity contribution is 5.91. The van der Waals surface area contributed by atoms with E-state index < -0.39 is 12.1 Å². The summed E-state index contributed by atoms with van der Waals surface area (Å²) in [5.74, 6) is -0.404. The average molecular weight is 223 g/mol. The van der Waals surface area contributed by atoms with Crippen LogP contribution in [0.15, 0.2) is 24.3 Å². The molecule has 1 aliphatic rings. The van der Waals surface area contributed by atoms with E-state index >= 15 is 0 Å². The first kappa shape index (κ1) is 11.1. The molecule has 0 aromatic heterocycles. The van der Waals surface area contributed by atoms with Crippen LogP contribution in [0.1, 0.15) is 22.0 Å². The Bertz CT molecular complexity index is 393. The van der Waals surface area contributed by atoms with Gasteiger partial charge in [-0.3, -0.25) is 0 Å². The van der Waals surface area contributed by atoms with Gasteiger partial charge in [-0.25, -0.2) is 14.6 Å². The number of carbonyl (C=O) groups is 1. The fourth-order valence-electron chi connectivity index (χ4n) is 1.67. The van der Waals surface area contributed by atoms with Gasteiger partial charge in [0.2, 0.25) is 0 Å². The van der Waals surface area contributed by atoms with Crippen molar-refractivity contribution in [3.8, 4) is 0 Å². The van der Waals surface area contributed by atoms with E-state index in [4.69, 9.17) is 20.2 Å². The van der Waals surface area contributed by atoms with Crippen molar-refractivity contribution < 1.29 is 19.3 Å². The van der Waals surface area contributed by atoms with Crippen molar-refractivity contribution in [3.05, 3.63) is 35.4 Å². The molecular weight excluding hydrogens is 210 g/mol. The summed E-state index contributed by atoms with van der Waals surface area (Å²) in [5.41, 5.74) is 6.97. The van der Waals surface area contributed by atoms with Crippen molar-refractivity contribution in [2.45, 2.75) is 12.1 Å². The number of hydrogen-bond donors (Lipinski definition) is 1. The van der Waals surface area contributed by atoms with Crippen molar-refractivity contribution in [2.24, 2.45) is 5.73 Å². The molecule has 1 aromatic rings. The largest absolute Gasteiger partial charge is 0.465 e. The van der Waals surface area contributed by atoms with Gasteiger partial charge in [-0.05, 0) is 6.07 Å². The molecule has 16 heavy (non-hydrogen) atoms. The third-order valence-corrected chi connectivity index (χ3v) is 2.49. The quantitative estimate of drug-likeness (QED) is 0.593. The predicted octanol–water partition coefficient (Wildman–Crippen LogP) is 0.803. The van der Waals surface area contributed by atoms with Crippen LogP contribution in [-0.2, 0) is 14.5 Å². The highest BCUT2D eigenvalue weighted by Crippen LogP contribution is 2.28. The molecule has 1 aliphatic heterocycles. The van der Waals surface area contributed by atoms with Crippen LogP contribution < -0.4 is 5.73 Å². The Hall–Kier alpha value is -1.43. The van der Waals surface area contributed by atoms with Crippen molar-refractivity contribution in [3.63, 3.8) is 0 Å². The van der Waals surface area contributed by atoms with E-state index in [9.17, 15) is 4.79 Å². The van der Waals surface area contributed by atoms with Crippen LogP contribution in [0.2, 0.25) is 0 Å². The Morgan fingerprint density at radius 3 is 2.88 bits per heavy atom. The second kappa shape index (κ2) is 4.61. The van der Waals surface area contributed by atoms with Gasteiger partial charge in [-0.1, -0.05) is 18.2 Å². The predicted molar refractivity (Wildman–Crippen MR) is 55.5 cm³/mol. The van der Waals surface area contributed by atoms with Gasteiger partial charge in [-0.15, -0.1) is 0 Å². The number of esters is 1. The summed E-state index contributed by atoms with van der Waals surface area (Å²) in [7, 11) is 1.34. The molecule has 2 N–H and O–H groups in total. The topological polar surface area (TPSA) is 70.8 Å². The van der Waals surface area contributed by atoms with E-state index in [1.807, 2.05) is 6.07 Å². The number of benzene rings is 1. The molecule has 5 heteroatoms. The van der Waals surface area contributed by atoms with Crippen molar-refractivity contribution in [1.82, 2.24) is 0 Å². The lowest BCUT2D eigenvalue weighted by Gasteiger charge is -2.14. The first-order valence-corrected chi connectivity index (χ1v) is 4.95. The highest BCUT2D eigenvalue weighted by atomic mass is 17.2. The Morgan fingerprint density at radius 1 is 1.50 bits per heavy atom. The maximum absolute atomic E-state index is 11.5. The first-order valence-electron chi connectivity index (χ1n) is 4.95. The lowest BCUT2D eigenvalue weighted by molar-refractivity contribution is -0.276. The molecule has 0 bridgehead atoms. The summed E-state index contributed by atoms with van der Waals surface area (Å²) in [6.45, 7) is 0.320. The van der Waals surface area contributed by atoms with E-state index in [0.29, 0.717) is 17.7 Å². The van der Waals surface area contributed by atoms with Gasteiger partial charge in [0.25, 0.3) is 0 Å². The molecule has 0 saturated carbocycles. The Balaban J connectivity index is 2.36. The number of carbonyl (C=O) groups excluding carboxylic acids is 1. The molecule has 1 saturated heterocycles. The minimum atomic E-state index is -0.421. The van der Waals surface area contributed by atoms with Gasteiger partial charge >= 0.3 is 5.97 Å². The first-order chi connectivity index (χ1) is 7.74. The van der Waals surface area contributed by atoms with Crippen LogP contribution in [0.3, 0.4) is 0 Å². The van der Waals surface area contributed by atoms with E-state index in [1.165, 1.54) is 7.11 Å². The molecule has 0 spiro atoms. The maximum atomic E-state index is 11.5. The summed E-state index contributed by atoms with van der Waals surface area (Å²) >= 11 is 0. The summed E-state index contributed by atoms with van der Waals surface area (Å²) in [6, 6.07) is 6.76. The third-order valence-electron chi connectivity index (χ3n) is 2.49. The second-order valence-corrected chi connectivity index (χ2v) is 3.54. The molecule has 1 heterocycles. The summed E-state index contributed by atoms with van der Waals surface area (Å²) in [6.07, 6.45) is -0.421. The van der Waals surface area contributed by atoms with Gasteiger partial charge < -0.3 is 10.5 Å². The van der Waals surface area contributed by atoms with Crippen LogP contribution in [0.4, 0.5) is 0 Å². The molecule has 2 unspecified atom stereocenters. The monoisotopic (exact) mass is 223 g/mol. The molecule has 1 aromatic carbocycles. The van der Waals surface area contributed by atoms with Gasteiger partial charge in [0.15, 0.2) is 0 Å². The molecule has 0 amide bonds. The maximum Gasteiger partial charge on any atom is 0.338 e. The molecule has 0 radical (unpaired) electrons. The Morgan fingerprint density at radius 2 is 2.25 bits per heavy atom. The molecule has 2 rings (SSSR count). The van der Waals surface area contributed by atoms with E-state index in [0.717, 1.165) is 0 Å². The zero-order valence-corrected chi connectivity index (χ0v) is 8.88. The Kier molecular flexibility index (Phi) is 3.19. The van der Waals surface area contributed by atoms with Crippen molar-refractivity contribution in [1.29, 1.82) is 0 Å². The fraction of sp³-hybridized carbons (Fsp3) is 0.364. The number of ether oxygens (including phenoxy) is 1. The average Bonchev–Trinajstić information content (AvgIpc) is 2.74. The fourth-order valence-corrected chi connectivity index (χ4v) is 1.67. The summed E-state index contributed by atoms with van der Waals surface area (Å²) < 4.78 is 4.70. The molecule has 5 nitrogen and oxygen atoms in total. The lowest BCUT2D eigenvalue weighted by atomic mass is 9.98. The molecular formula is C11H13NO4. The smallest absolute Gasteiger partial charge is 0.338 e. The number of methoxy groups -OCH3 is 1. The molecule has 0 aliphatic carbocycles. The van der Waals surface area contributed by atoms with Gasteiger partial charge in [0, 0.05) is 5.56 Å². The molecule has 86 valence electrons. The Labute approximate surface area is 93.0 Å². The summed E-state index contributed by atoms with van der Waals surface area (Å²) in [5, 5.41) is 0. The lowest BCUT2D eigenvalue weighted by Crippen LogP contribution is -2.27. The highest BCUT2D eigenvalue weighted by Gasteiger charge is 2.31. The minimum absolute atomic E-state index is 0.272. The SMILES string of the molecule is COC(=O)c1ccccc1C1OOCC1N. The zero-order chi connectivity index (χ0) is 11.5. The number of hydrogen-bond acceptors (Lipinski definition) is 5. The molecule has 1 fully saturated rings. The van der Waals surface area contributed by atoms with Gasteiger partial charge in [0.1, 0.15) is 12.7 Å². The van der Waals surface area contributed by atoms with E-state index in [-0.39, 0.29) is 6.04 Å². The minimum Gasteiger partial charge on any atom is -0.465 e. The van der Waals surface area contributed by atoms with Crippen molar-refractivity contribution in [2.75, 3.05) is 13.7 Å². The number of nitrogens with two attached hydrogens (primary N) is 1. The van der Waals surface area contributed by atoms with Gasteiger partial charge in [-0.2, -0.15) is 0 Å². The third kappa shape index (κ3) is 1.92. The van der Waals surface area contributed by atoms with Crippen LogP contribution >= 0.6 is 0 Å². The van der Waals surface area contributed by atoms with Gasteiger partial charge in [0.05, 0.1) is 18.7 Å². The van der Waals surface area contributed by atoms with E-state index in [1.54, 1.807) is 18.2 Å². The molecule has 2 atom stereocenters. The van der Waals surface area contributed by atoms with Crippen LogP contribution in [0.5, 0.6) is 0 Å². The van der Waals surface area contributed by atoms with Crippen LogP contribution in [0, 0.1) is 0 Å². The van der Waals surface area contributed by atoms with Crippen molar-refractivity contribution >= 4 is 5.97 Å². The standard InChI is InChI=1S/C11H13NO4/c1-14-11(13)8-5-3-2-4-7(8)10-9(12)6-15-16-10/h2-5,9-10H,6,12H2,1H3. The second-order valence-electron chi connectivity index (χ2n) is 3.54. The van der Waals surface area contributed by atoms with E-state index in [2.05, 4.69) is 0 Å². The normalized spacial score (nSPS) is 24.4. The number of rotatable bonds is 2.